The number of hydrogen-bond acceptors (Lipinski definition) is 4. The first kappa shape index (κ1) is 53.1. The Bertz CT molecular complexity index is 3880. The number of benzene rings is 8. The third-order valence-electron chi connectivity index (χ3n) is 20.0. The molecule has 0 saturated heterocycles. The van der Waals surface area contributed by atoms with Gasteiger partial charge in [0.05, 0.1) is 17.0 Å². The fourth-order valence-electron chi connectivity index (χ4n) is 15.0. The van der Waals surface area contributed by atoms with Gasteiger partial charge in [0, 0.05) is 50.8 Å². The summed E-state index contributed by atoms with van der Waals surface area (Å²) >= 11 is 0. The van der Waals surface area contributed by atoms with E-state index >= 15 is 0 Å². The second-order valence-corrected chi connectivity index (χ2v) is 27.8. The Morgan fingerprint density at radius 3 is 1.72 bits per heavy atom. The van der Waals surface area contributed by atoms with Crippen LogP contribution in [0.25, 0.3) is 22.1 Å². The zero-order valence-electron chi connectivity index (χ0n) is 50.6. The number of hydrogen-bond donors (Lipinski definition) is 0. The van der Waals surface area contributed by atoms with Gasteiger partial charge in [-0.25, -0.2) is 0 Å². The maximum absolute atomic E-state index is 7.81. The van der Waals surface area contributed by atoms with E-state index < -0.39 is 0 Å². The summed E-state index contributed by atoms with van der Waals surface area (Å²) in [5.41, 5.74) is 27.4. The van der Waals surface area contributed by atoms with E-state index in [1.165, 1.54) is 114 Å². The highest BCUT2D eigenvalue weighted by atomic mass is 16.3. The van der Waals surface area contributed by atoms with E-state index in [-0.39, 0.29) is 33.8 Å². The van der Waals surface area contributed by atoms with Gasteiger partial charge in [0.2, 0.25) is 0 Å². The number of para-hydroxylation sites is 2. The molecule has 9 aromatic rings. The Kier molecular flexibility index (Phi) is 12.6. The van der Waals surface area contributed by atoms with Crippen molar-refractivity contribution >= 4 is 85.5 Å². The molecular weight excluding hydrogens is 982 g/mol. The monoisotopic (exact) mass is 1060 g/mol. The molecular formula is C76H82BN3O. The summed E-state index contributed by atoms with van der Waals surface area (Å²) in [5.74, 6) is 0. The molecule has 8 aromatic carbocycles. The van der Waals surface area contributed by atoms with Crippen LogP contribution in [0.4, 0.5) is 51.2 Å². The number of fused-ring (bicyclic) bond motifs is 8. The zero-order chi connectivity index (χ0) is 56.5. The summed E-state index contributed by atoms with van der Waals surface area (Å²) < 4.78 is 7.81. The van der Waals surface area contributed by atoms with Crippen molar-refractivity contribution in [2.45, 2.75) is 168 Å². The van der Waals surface area contributed by atoms with Crippen molar-refractivity contribution in [2.75, 3.05) is 14.7 Å². The standard InChI is InChI=1S/C76H82BN3O/c1-14-16-36-72(4,5)59-48-68-57(43-50(59)15-2)70-71(81-68)77-63-35-33-55(78(52-28-22-18-23-29-52)53-30-24-19-25-31-53)45-65(63)80(64-47-62-61(75(10,11)39-40-76(62,12)13)46-56(64)51-26-20-17-21-27-51)67-42-49(3)41-66(69(67)77)79(70)54-32-34-58-60(44-54)74(8,9)38-37-73(58,6)7/h17-35,41-48H,14-16,36-40H2,1-13H3. The lowest BCUT2D eigenvalue weighted by Crippen LogP contribution is -2.61. The molecule has 0 unspecified atom stereocenters. The van der Waals surface area contributed by atoms with E-state index in [9.17, 15) is 0 Å². The molecule has 4 nitrogen and oxygen atoms in total. The van der Waals surface area contributed by atoms with Crippen LogP contribution >= 0.6 is 0 Å². The molecule has 0 atom stereocenters. The van der Waals surface area contributed by atoms with Gasteiger partial charge >= 0.3 is 0 Å². The van der Waals surface area contributed by atoms with Crippen LogP contribution in [-0.2, 0) is 33.5 Å². The molecule has 13 rings (SSSR count). The summed E-state index contributed by atoms with van der Waals surface area (Å²) in [7, 11) is 0. The highest BCUT2D eigenvalue weighted by Gasteiger charge is 2.49. The van der Waals surface area contributed by atoms with Crippen molar-refractivity contribution < 1.29 is 4.42 Å². The second kappa shape index (κ2) is 19.2. The van der Waals surface area contributed by atoms with Gasteiger partial charge in [-0.15, -0.1) is 0 Å². The molecule has 4 aliphatic rings. The van der Waals surface area contributed by atoms with Crippen molar-refractivity contribution in [3.8, 4) is 11.1 Å². The predicted octanol–water partition coefficient (Wildman–Crippen LogP) is 19.7. The first-order chi connectivity index (χ1) is 38.7. The molecule has 3 heterocycles. The van der Waals surface area contributed by atoms with Crippen molar-refractivity contribution in [1.29, 1.82) is 0 Å². The Labute approximate surface area is 484 Å². The van der Waals surface area contributed by atoms with Gasteiger partial charge in [0.1, 0.15) is 5.58 Å². The summed E-state index contributed by atoms with van der Waals surface area (Å²) in [5, 5.41) is 1.19. The molecule has 81 heavy (non-hydrogen) atoms. The summed E-state index contributed by atoms with van der Waals surface area (Å²) in [6.45, 7) is 31.3. The van der Waals surface area contributed by atoms with Gasteiger partial charge < -0.3 is 19.1 Å². The Balaban J connectivity index is 1.16. The number of aryl methyl sites for hydroxylation is 2. The van der Waals surface area contributed by atoms with Gasteiger partial charge in [-0.3, -0.25) is 0 Å². The molecule has 0 spiro atoms. The fraction of sp³-hybridized carbons (Fsp3) is 0.342. The van der Waals surface area contributed by atoms with Crippen LogP contribution < -0.4 is 31.3 Å². The van der Waals surface area contributed by atoms with Crippen LogP contribution in [0, 0.1) is 6.92 Å². The summed E-state index contributed by atoms with van der Waals surface area (Å²) in [4.78, 5) is 7.75. The normalized spacial score (nSPS) is 17.0. The van der Waals surface area contributed by atoms with Crippen LogP contribution in [0.3, 0.4) is 0 Å². The van der Waals surface area contributed by atoms with Gasteiger partial charge in [-0.2, -0.15) is 0 Å². The van der Waals surface area contributed by atoms with Crippen LogP contribution in [0.15, 0.2) is 168 Å². The van der Waals surface area contributed by atoms with Gasteiger partial charge in [-0.1, -0.05) is 175 Å². The lowest BCUT2D eigenvalue weighted by molar-refractivity contribution is 0.332. The van der Waals surface area contributed by atoms with E-state index in [4.69, 9.17) is 4.42 Å². The average Bonchev–Trinajstić information content (AvgIpc) is 3.90. The molecule has 0 bridgehead atoms. The Morgan fingerprint density at radius 1 is 0.543 bits per heavy atom. The van der Waals surface area contributed by atoms with E-state index in [0.29, 0.717) is 0 Å². The SMILES string of the molecule is CCCCC(C)(C)c1cc2oc3c(c2cc1CC)N(c1ccc2c(c1)C(C)(C)CCC2(C)C)c1cc(C)cc2c1B3c1ccc(N(c3ccccc3)c3ccccc3)cc1N2c1cc2c(cc1-c1ccccc1)C(C)(C)CCC2(C)C. The summed E-state index contributed by atoms with van der Waals surface area (Å²) in [6, 6.07) is 63.0. The minimum Gasteiger partial charge on any atom is -0.468 e. The maximum Gasteiger partial charge on any atom is 0.297 e. The zero-order valence-corrected chi connectivity index (χ0v) is 50.6. The third-order valence-corrected chi connectivity index (χ3v) is 20.0. The quantitative estimate of drug-likeness (QED) is 0.120. The maximum atomic E-state index is 7.81. The molecule has 2 aliphatic carbocycles. The number of nitrogens with zero attached hydrogens (tertiary/aromatic N) is 3. The van der Waals surface area contributed by atoms with Gasteiger partial charge in [-0.05, 0) is 213 Å². The molecule has 410 valence electrons. The molecule has 0 N–H and O–H groups in total. The number of unbranched alkanes of at least 4 members (excludes halogenated alkanes) is 1. The molecule has 0 saturated carbocycles. The minimum absolute atomic E-state index is 0.0128. The number of rotatable bonds is 11. The van der Waals surface area contributed by atoms with E-state index in [2.05, 4.69) is 269 Å². The molecule has 0 radical (unpaired) electrons. The van der Waals surface area contributed by atoms with Crippen molar-refractivity contribution in [2.24, 2.45) is 0 Å². The Hall–Kier alpha value is -7.24. The van der Waals surface area contributed by atoms with E-state index in [0.717, 1.165) is 66.1 Å². The van der Waals surface area contributed by atoms with Gasteiger partial charge in [0.15, 0.2) is 0 Å². The lowest BCUT2D eigenvalue weighted by atomic mass is 9.35. The van der Waals surface area contributed by atoms with Crippen LogP contribution in [0.5, 0.6) is 0 Å². The third kappa shape index (κ3) is 8.61. The highest BCUT2D eigenvalue weighted by Crippen LogP contribution is 2.56. The smallest absolute Gasteiger partial charge is 0.297 e. The summed E-state index contributed by atoms with van der Waals surface area (Å²) in [6.07, 6.45) is 9.02. The van der Waals surface area contributed by atoms with E-state index in [1.54, 1.807) is 0 Å². The van der Waals surface area contributed by atoms with Crippen molar-refractivity contribution in [1.82, 2.24) is 0 Å². The molecule has 2 aliphatic heterocycles. The topological polar surface area (TPSA) is 22.9 Å². The predicted molar refractivity (Wildman–Crippen MR) is 348 cm³/mol. The van der Waals surface area contributed by atoms with Crippen LogP contribution in [0.1, 0.15) is 167 Å². The molecule has 0 fully saturated rings. The van der Waals surface area contributed by atoms with E-state index in [1.807, 2.05) is 0 Å². The average molecular weight is 1060 g/mol. The largest absolute Gasteiger partial charge is 0.468 e. The highest BCUT2D eigenvalue weighted by molar-refractivity contribution is 7.00. The van der Waals surface area contributed by atoms with Gasteiger partial charge in [0.25, 0.3) is 6.71 Å². The minimum atomic E-state index is -0.209. The second-order valence-electron chi connectivity index (χ2n) is 27.8. The fourth-order valence-corrected chi connectivity index (χ4v) is 15.0. The lowest BCUT2D eigenvalue weighted by Gasteiger charge is -2.46. The first-order valence-corrected chi connectivity index (χ1v) is 30.5. The first-order valence-electron chi connectivity index (χ1n) is 30.5. The van der Waals surface area contributed by atoms with Crippen LogP contribution in [-0.4, -0.2) is 6.71 Å². The number of anilines is 9. The van der Waals surface area contributed by atoms with Crippen molar-refractivity contribution in [3.05, 3.63) is 203 Å². The molecule has 0 amide bonds. The number of furan rings is 1. The molecule has 5 heteroatoms. The van der Waals surface area contributed by atoms with Crippen molar-refractivity contribution in [3.63, 3.8) is 0 Å². The van der Waals surface area contributed by atoms with Crippen LogP contribution in [0.2, 0.25) is 0 Å². The Morgan fingerprint density at radius 2 is 1.11 bits per heavy atom. The molecule has 1 aromatic heterocycles.